The molecule has 148 valence electrons. The van der Waals surface area contributed by atoms with E-state index in [1.165, 1.54) is 12.1 Å². The molecule has 2 rings (SSSR count). The number of halogens is 3. The Bertz CT molecular complexity index is 673. The van der Waals surface area contributed by atoms with E-state index >= 15 is 0 Å². The number of aliphatic imine (C=N–C) groups is 1. The van der Waals surface area contributed by atoms with Gasteiger partial charge in [-0.1, -0.05) is 12.1 Å². The van der Waals surface area contributed by atoms with Crippen LogP contribution < -0.4 is 16.0 Å². The highest BCUT2D eigenvalue weighted by Gasteiger charge is 2.30. The Balaban J connectivity index is 1.82. The number of amides is 3. The number of hydrogen-bond donors (Lipinski definition) is 3. The molecule has 0 saturated carbocycles. The second-order valence-corrected chi connectivity index (χ2v) is 5.84. The maximum atomic E-state index is 12.6. The van der Waals surface area contributed by atoms with Crippen LogP contribution in [0.2, 0.25) is 0 Å². The van der Waals surface area contributed by atoms with Gasteiger partial charge in [-0.25, -0.2) is 4.79 Å². The molecule has 7 nitrogen and oxygen atoms in total. The molecule has 1 aromatic rings. The van der Waals surface area contributed by atoms with E-state index in [-0.39, 0.29) is 19.0 Å². The number of carbonyl (C=O) groups is 2. The molecule has 1 fully saturated rings. The summed E-state index contributed by atoms with van der Waals surface area (Å²) in [6.07, 6.45) is -3.85. The first-order valence-corrected chi connectivity index (χ1v) is 8.57. The number of nitrogens with zero attached hydrogens (tertiary/aromatic N) is 2. The second kappa shape index (κ2) is 9.24. The Labute approximate surface area is 155 Å². The molecule has 3 N–H and O–H groups in total. The van der Waals surface area contributed by atoms with Crippen LogP contribution in [0, 0.1) is 0 Å². The minimum Gasteiger partial charge on any atom is -0.357 e. The maximum Gasteiger partial charge on any atom is 0.416 e. The largest absolute Gasteiger partial charge is 0.416 e. The molecule has 27 heavy (non-hydrogen) atoms. The van der Waals surface area contributed by atoms with Gasteiger partial charge in [0, 0.05) is 26.2 Å². The van der Waals surface area contributed by atoms with Crippen molar-refractivity contribution in [1.82, 2.24) is 20.9 Å². The van der Waals surface area contributed by atoms with E-state index in [9.17, 15) is 22.8 Å². The van der Waals surface area contributed by atoms with Crippen molar-refractivity contribution in [2.24, 2.45) is 4.99 Å². The van der Waals surface area contributed by atoms with Gasteiger partial charge < -0.3 is 16.0 Å². The molecule has 0 unspecified atom stereocenters. The van der Waals surface area contributed by atoms with Crippen LogP contribution in [0.25, 0.3) is 0 Å². The fourth-order valence-electron chi connectivity index (χ4n) is 2.47. The average Bonchev–Trinajstić information content (AvgIpc) is 2.93. The molecule has 10 heteroatoms. The smallest absolute Gasteiger partial charge is 0.357 e. The summed E-state index contributed by atoms with van der Waals surface area (Å²) in [5, 5.41) is 8.49. The monoisotopic (exact) mass is 385 g/mol. The van der Waals surface area contributed by atoms with Crippen LogP contribution >= 0.6 is 0 Å². The minimum atomic E-state index is -4.34. The predicted molar refractivity (Wildman–Crippen MR) is 94.2 cm³/mol. The van der Waals surface area contributed by atoms with Gasteiger partial charge in [-0.05, 0) is 31.0 Å². The predicted octanol–water partition coefficient (Wildman–Crippen LogP) is 1.35. The van der Waals surface area contributed by atoms with Gasteiger partial charge in [-0.3, -0.25) is 14.7 Å². The summed E-state index contributed by atoms with van der Waals surface area (Å²) in [4.78, 5) is 28.4. The normalized spacial score (nSPS) is 15.1. The first kappa shape index (κ1) is 20.5. The van der Waals surface area contributed by atoms with Crippen LogP contribution in [0.15, 0.2) is 29.3 Å². The average molecular weight is 385 g/mol. The van der Waals surface area contributed by atoms with Crippen molar-refractivity contribution >= 4 is 17.9 Å². The number of benzene rings is 1. The lowest BCUT2D eigenvalue weighted by Crippen LogP contribution is -2.43. The zero-order chi connectivity index (χ0) is 19.9. The highest BCUT2D eigenvalue weighted by Crippen LogP contribution is 2.29. The van der Waals surface area contributed by atoms with Gasteiger partial charge in [0.2, 0.25) is 5.91 Å². The van der Waals surface area contributed by atoms with Crippen molar-refractivity contribution in [2.75, 3.05) is 32.7 Å². The Morgan fingerprint density at radius 3 is 2.48 bits per heavy atom. The molecule has 0 spiro atoms. The number of imide groups is 1. The van der Waals surface area contributed by atoms with E-state index < -0.39 is 17.8 Å². The van der Waals surface area contributed by atoms with E-state index in [1.807, 2.05) is 6.92 Å². The van der Waals surface area contributed by atoms with Crippen molar-refractivity contribution in [3.8, 4) is 0 Å². The van der Waals surface area contributed by atoms with Gasteiger partial charge >= 0.3 is 12.2 Å². The summed E-state index contributed by atoms with van der Waals surface area (Å²) in [5.41, 5.74) is 0.0761. The molecule has 3 amide bonds. The molecule has 1 saturated heterocycles. The number of alkyl halides is 3. The van der Waals surface area contributed by atoms with E-state index in [4.69, 9.17) is 0 Å². The number of rotatable bonds is 7. The van der Waals surface area contributed by atoms with Crippen LogP contribution in [-0.4, -0.2) is 55.5 Å². The number of urea groups is 1. The summed E-state index contributed by atoms with van der Waals surface area (Å²) in [6, 6.07) is 4.58. The number of nitrogens with one attached hydrogen (secondary N) is 3. The standard InChI is InChI=1S/C17H22F3N5O2/c1-2-21-15(23-9-10-25-14(26)11-24-16(25)27)22-8-7-12-3-5-13(6-4-12)17(18,19)20/h3-6H,2,7-11H2,1H3,(H,24,27)(H2,21,22,23). The van der Waals surface area contributed by atoms with E-state index in [2.05, 4.69) is 20.9 Å². The third kappa shape index (κ3) is 6.15. The van der Waals surface area contributed by atoms with Gasteiger partial charge in [-0.15, -0.1) is 0 Å². The van der Waals surface area contributed by atoms with Crippen molar-refractivity contribution in [1.29, 1.82) is 0 Å². The number of hydrogen-bond acceptors (Lipinski definition) is 3. The summed E-state index contributed by atoms with van der Waals surface area (Å²) in [5.74, 6) is 0.238. The van der Waals surface area contributed by atoms with Crippen LogP contribution in [0.1, 0.15) is 18.1 Å². The highest BCUT2D eigenvalue weighted by molar-refractivity contribution is 6.01. The Morgan fingerprint density at radius 2 is 1.93 bits per heavy atom. The summed E-state index contributed by atoms with van der Waals surface area (Å²) in [7, 11) is 0. The third-order valence-corrected chi connectivity index (χ3v) is 3.86. The molecule has 0 bridgehead atoms. The van der Waals surface area contributed by atoms with E-state index in [1.54, 1.807) is 0 Å². The van der Waals surface area contributed by atoms with Gasteiger partial charge in [0.1, 0.15) is 0 Å². The van der Waals surface area contributed by atoms with Crippen LogP contribution in [0.3, 0.4) is 0 Å². The minimum absolute atomic E-state index is 0.0140. The maximum absolute atomic E-state index is 12.6. The molecule has 1 heterocycles. The SMILES string of the molecule is CCNC(=NCCc1ccc(C(F)(F)F)cc1)NCCN1C(=O)CNC1=O. The van der Waals surface area contributed by atoms with Gasteiger partial charge in [0.05, 0.1) is 12.1 Å². The van der Waals surface area contributed by atoms with Gasteiger partial charge in [0.15, 0.2) is 5.96 Å². The number of guanidine groups is 1. The summed E-state index contributed by atoms with van der Waals surface area (Å²) >= 11 is 0. The van der Waals surface area contributed by atoms with Crippen molar-refractivity contribution in [3.63, 3.8) is 0 Å². The fraction of sp³-hybridized carbons (Fsp3) is 0.471. The molecule has 1 aliphatic rings. The molecular formula is C17H22F3N5O2. The van der Waals surface area contributed by atoms with Crippen molar-refractivity contribution in [2.45, 2.75) is 19.5 Å². The number of carbonyl (C=O) groups excluding carboxylic acids is 2. The topological polar surface area (TPSA) is 85.8 Å². The van der Waals surface area contributed by atoms with Crippen LogP contribution in [-0.2, 0) is 17.4 Å². The molecule has 0 radical (unpaired) electrons. The first-order valence-electron chi connectivity index (χ1n) is 8.57. The van der Waals surface area contributed by atoms with E-state index in [0.717, 1.165) is 22.6 Å². The zero-order valence-electron chi connectivity index (χ0n) is 14.9. The third-order valence-electron chi connectivity index (χ3n) is 3.86. The summed E-state index contributed by atoms with van der Waals surface area (Å²) in [6.45, 7) is 3.46. The van der Waals surface area contributed by atoms with Gasteiger partial charge in [-0.2, -0.15) is 13.2 Å². The van der Waals surface area contributed by atoms with Crippen molar-refractivity contribution in [3.05, 3.63) is 35.4 Å². The van der Waals surface area contributed by atoms with E-state index in [0.29, 0.717) is 32.0 Å². The highest BCUT2D eigenvalue weighted by atomic mass is 19.4. The molecular weight excluding hydrogens is 363 g/mol. The second-order valence-electron chi connectivity index (χ2n) is 5.84. The molecule has 0 aliphatic carbocycles. The molecule has 1 aliphatic heterocycles. The Kier molecular flexibility index (Phi) is 7.03. The quantitative estimate of drug-likeness (QED) is 0.376. The zero-order valence-corrected chi connectivity index (χ0v) is 14.9. The summed E-state index contributed by atoms with van der Waals surface area (Å²) < 4.78 is 37.7. The lowest BCUT2D eigenvalue weighted by molar-refractivity contribution is -0.137. The van der Waals surface area contributed by atoms with Crippen molar-refractivity contribution < 1.29 is 22.8 Å². The lowest BCUT2D eigenvalue weighted by Gasteiger charge is -2.15. The Hall–Kier alpha value is -2.78. The molecule has 1 aromatic carbocycles. The first-order chi connectivity index (χ1) is 12.8. The molecule has 0 atom stereocenters. The fourth-order valence-corrected chi connectivity index (χ4v) is 2.47. The van der Waals surface area contributed by atoms with Gasteiger partial charge in [0.25, 0.3) is 0 Å². The lowest BCUT2D eigenvalue weighted by atomic mass is 10.1. The molecule has 0 aromatic heterocycles. The van der Waals surface area contributed by atoms with Crippen LogP contribution in [0.5, 0.6) is 0 Å². The Morgan fingerprint density at radius 1 is 1.22 bits per heavy atom. The van der Waals surface area contributed by atoms with Crippen LogP contribution in [0.4, 0.5) is 18.0 Å².